The van der Waals surface area contributed by atoms with Crippen molar-refractivity contribution in [1.29, 1.82) is 5.26 Å². The number of nitrogens with one attached hydrogen (secondary N) is 1. The van der Waals surface area contributed by atoms with Crippen LogP contribution in [0.5, 0.6) is 5.75 Å². The summed E-state index contributed by atoms with van der Waals surface area (Å²) in [6, 6.07) is 9.38. The summed E-state index contributed by atoms with van der Waals surface area (Å²) < 4.78 is 0. The van der Waals surface area contributed by atoms with Gasteiger partial charge in [-0.3, -0.25) is 0 Å². The van der Waals surface area contributed by atoms with Crippen molar-refractivity contribution in [1.82, 2.24) is 5.48 Å². The molecular weight excluding hydrogens is 176 g/mol. The lowest BCUT2D eigenvalue weighted by Gasteiger charge is -2.11. The topological polar surface area (TPSA) is 45.0 Å². The molecule has 0 aliphatic heterocycles. The summed E-state index contributed by atoms with van der Waals surface area (Å²) in [6.45, 7) is 4.13. The summed E-state index contributed by atoms with van der Waals surface area (Å²) in [5.41, 5.74) is 3.54. The van der Waals surface area contributed by atoms with E-state index in [1.165, 1.54) is 0 Å². The lowest BCUT2D eigenvalue weighted by atomic mass is 10.2. The van der Waals surface area contributed by atoms with Crippen molar-refractivity contribution >= 4 is 0 Å². The van der Waals surface area contributed by atoms with Gasteiger partial charge in [-0.2, -0.15) is 10.7 Å². The molecule has 0 bridgehead atoms. The Balaban J connectivity index is 2.49. The fourth-order valence-corrected chi connectivity index (χ4v) is 0.849. The van der Waals surface area contributed by atoms with Crippen LogP contribution in [-0.2, 0) is 0 Å². The summed E-state index contributed by atoms with van der Waals surface area (Å²) in [4.78, 5) is 5.30. The van der Waals surface area contributed by atoms with Gasteiger partial charge in [-0.25, -0.2) is 0 Å². The third-order valence-corrected chi connectivity index (χ3v) is 1.97. The molecule has 0 fully saturated rings. The van der Waals surface area contributed by atoms with Crippen LogP contribution in [0.4, 0.5) is 0 Å². The molecule has 0 amide bonds. The van der Waals surface area contributed by atoms with E-state index in [0.29, 0.717) is 11.6 Å². The lowest BCUT2D eigenvalue weighted by molar-refractivity contribution is 0.159. The standard InChI is InChI=1S/C11H14N2O/c1-3-9(2)13-14-11-6-4-10(8-12)5-7-11/h4-7,9,13H,3H2,1-2H3. The molecule has 0 saturated heterocycles. The van der Waals surface area contributed by atoms with E-state index in [-0.39, 0.29) is 0 Å². The molecule has 0 spiro atoms. The largest absolute Gasteiger partial charge is 0.409 e. The van der Waals surface area contributed by atoms with Gasteiger partial charge in [0.05, 0.1) is 11.6 Å². The summed E-state index contributed by atoms with van der Waals surface area (Å²) >= 11 is 0. The highest BCUT2D eigenvalue weighted by Crippen LogP contribution is 2.10. The molecule has 3 nitrogen and oxygen atoms in total. The highest BCUT2D eigenvalue weighted by atomic mass is 16.6. The van der Waals surface area contributed by atoms with Gasteiger partial charge in [0.2, 0.25) is 0 Å². The molecule has 0 aromatic heterocycles. The number of hydrogen-bond donors (Lipinski definition) is 1. The number of rotatable bonds is 4. The average molecular weight is 190 g/mol. The summed E-state index contributed by atoms with van der Waals surface area (Å²) in [6.07, 6.45) is 1.01. The van der Waals surface area contributed by atoms with E-state index in [4.69, 9.17) is 10.1 Å². The second-order valence-corrected chi connectivity index (χ2v) is 3.17. The predicted molar refractivity (Wildman–Crippen MR) is 54.7 cm³/mol. The van der Waals surface area contributed by atoms with E-state index in [0.717, 1.165) is 12.2 Å². The maximum Gasteiger partial charge on any atom is 0.147 e. The van der Waals surface area contributed by atoms with Gasteiger partial charge in [0.25, 0.3) is 0 Å². The Labute approximate surface area is 84.3 Å². The Morgan fingerprint density at radius 3 is 2.57 bits per heavy atom. The van der Waals surface area contributed by atoms with E-state index >= 15 is 0 Å². The minimum absolute atomic E-state index is 0.325. The second-order valence-electron chi connectivity index (χ2n) is 3.17. The Kier molecular flexibility index (Phi) is 3.96. The molecule has 1 aromatic rings. The van der Waals surface area contributed by atoms with Crippen molar-refractivity contribution in [2.45, 2.75) is 26.3 Å². The first-order chi connectivity index (χ1) is 6.76. The van der Waals surface area contributed by atoms with Gasteiger partial charge in [0.1, 0.15) is 5.75 Å². The van der Waals surface area contributed by atoms with Gasteiger partial charge in [-0.15, -0.1) is 0 Å². The van der Waals surface area contributed by atoms with Gasteiger partial charge < -0.3 is 4.84 Å². The zero-order valence-electron chi connectivity index (χ0n) is 8.45. The summed E-state index contributed by atoms with van der Waals surface area (Å²) in [5, 5.41) is 8.58. The van der Waals surface area contributed by atoms with Crippen LogP contribution in [0.1, 0.15) is 25.8 Å². The average Bonchev–Trinajstić information content (AvgIpc) is 2.26. The summed E-state index contributed by atoms with van der Waals surface area (Å²) in [5.74, 6) is 0.726. The van der Waals surface area contributed by atoms with E-state index in [2.05, 4.69) is 18.5 Å². The third-order valence-electron chi connectivity index (χ3n) is 1.97. The molecule has 0 saturated carbocycles. The molecule has 1 atom stereocenters. The zero-order chi connectivity index (χ0) is 10.4. The van der Waals surface area contributed by atoms with Crippen molar-refractivity contribution in [2.24, 2.45) is 0 Å². The first kappa shape index (κ1) is 10.6. The van der Waals surface area contributed by atoms with Crippen LogP contribution in [-0.4, -0.2) is 6.04 Å². The quantitative estimate of drug-likeness (QED) is 0.740. The molecule has 1 aromatic carbocycles. The maximum atomic E-state index is 8.58. The molecule has 0 aliphatic rings. The van der Waals surface area contributed by atoms with E-state index < -0.39 is 0 Å². The summed E-state index contributed by atoms with van der Waals surface area (Å²) in [7, 11) is 0. The molecule has 14 heavy (non-hydrogen) atoms. The van der Waals surface area contributed by atoms with Crippen LogP contribution >= 0.6 is 0 Å². The minimum Gasteiger partial charge on any atom is -0.409 e. The van der Waals surface area contributed by atoms with Crippen molar-refractivity contribution in [3.8, 4) is 11.8 Å². The second kappa shape index (κ2) is 5.25. The van der Waals surface area contributed by atoms with Crippen LogP contribution < -0.4 is 10.3 Å². The molecule has 3 heteroatoms. The molecule has 74 valence electrons. The third kappa shape index (κ3) is 3.08. The predicted octanol–water partition coefficient (Wildman–Crippen LogP) is 2.24. The van der Waals surface area contributed by atoms with Crippen LogP contribution in [0.25, 0.3) is 0 Å². The van der Waals surface area contributed by atoms with Gasteiger partial charge >= 0.3 is 0 Å². The van der Waals surface area contributed by atoms with Crippen LogP contribution in [0.3, 0.4) is 0 Å². The van der Waals surface area contributed by atoms with Crippen molar-refractivity contribution in [2.75, 3.05) is 0 Å². The molecule has 1 rings (SSSR count). The van der Waals surface area contributed by atoms with Crippen molar-refractivity contribution < 1.29 is 4.84 Å². The fourth-order valence-electron chi connectivity index (χ4n) is 0.849. The van der Waals surface area contributed by atoms with E-state index in [9.17, 15) is 0 Å². The van der Waals surface area contributed by atoms with Crippen LogP contribution in [0.15, 0.2) is 24.3 Å². The molecular formula is C11H14N2O. The first-order valence-electron chi connectivity index (χ1n) is 4.68. The normalized spacial score (nSPS) is 11.8. The fraction of sp³-hybridized carbons (Fsp3) is 0.364. The highest BCUT2D eigenvalue weighted by Gasteiger charge is 1.98. The Bertz CT molecular complexity index is 313. The van der Waals surface area contributed by atoms with Crippen molar-refractivity contribution in [3.63, 3.8) is 0 Å². The lowest BCUT2D eigenvalue weighted by Crippen LogP contribution is -2.28. The zero-order valence-corrected chi connectivity index (χ0v) is 8.45. The number of hydrogen-bond acceptors (Lipinski definition) is 3. The molecule has 1 unspecified atom stereocenters. The number of nitriles is 1. The van der Waals surface area contributed by atoms with Gasteiger partial charge in [0, 0.05) is 6.04 Å². The minimum atomic E-state index is 0.325. The van der Waals surface area contributed by atoms with Gasteiger partial charge in [-0.1, -0.05) is 6.92 Å². The monoisotopic (exact) mass is 190 g/mol. The Hall–Kier alpha value is -1.53. The Morgan fingerprint density at radius 2 is 2.07 bits per heavy atom. The molecule has 1 N–H and O–H groups in total. The van der Waals surface area contributed by atoms with Crippen LogP contribution in [0.2, 0.25) is 0 Å². The molecule has 0 aliphatic carbocycles. The van der Waals surface area contributed by atoms with Crippen molar-refractivity contribution in [3.05, 3.63) is 29.8 Å². The highest BCUT2D eigenvalue weighted by molar-refractivity contribution is 5.34. The molecule has 0 radical (unpaired) electrons. The first-order valence-corrected chi connectivity index (χ1v) is 4.68. The SMILES string of the molecule is CCC(C)NOc1ccc(C#N)cc1. The molecule has 0 heterocycles. The van der Waals surface area contributed by atoms with E-state index in [1.807, 2.05) is 6.92 Å². The number of hydroxylamine groups is 1. The number of nitrogens with zero attached hydrogens (tertiary/aromatic N) is 1. The van der Waals surface area contributed by atoms with Gasteiger partial charge in [-0.05, 0) is 37.6 Å². The van der Waals surface area contributed by atoms with Gasteiger partial charge in [0.15, 0.2) is 0 Å². The van der Waals surface area contributed by atoms with E-state index in [1.54, 1.807) is 24.3 Å². The maximum absolute atomic E-state index is 8.58. The Morgan fingerprint density at radius 1 is 1.43 bits per heavy atom. The smallest absolute Gasteiger partial charge is 0.147 e. The number of benzene rings is 1. The van der Waals surface area contributed by atoms with Crippen LogP contribution in [0, 0.1) is 11.3 Å².